The van der Waals surface area contributed by atoms with Gasteiger partial charge in [0.15, 0.2) is 5.11 Å². The number of hydrogen-bond donors (Lipinski definition) is 2. The Balaban J connectivity index is 1.28. The number of aromatic nitrogens is 2. The van der Waals surface area contributed by atoms with Crippen LogP contribution >= 0.6 is 12.2 Å². The molecule has 222 valence electrons. The number of carbonyl (C=O) groups excluding carboxylic acids is 1. The Morgan fingerprint density at radius 3 is 2.47 bits per heavy atom. The highest BCUT2D eigenvalue weighted by Crippen LogP contribution is 2.41. The number of amides is 1. The van der Waals surface area contributed by atoms with Gasteiger partial charge in [0.25, 0.3) is 0 Å². The molecule has 2 N–H and O–H groups in total. The highest BCUT2D eigenvalue weighted by atomic mass is 32.1. The lowest BCUT2D eigenvalue weighted by Gasteiger charge is -2.29. The Bertz CT molecular complexity index is 1590. The van der Waals surface area contributed by atoms with Gasteiger partial charge in [-0.1, -0.05) is 6.07 Å². The lowest BCUT2D eigenvalue weighted by Crippen LogP contribution is -2.36. The van der Waals surface area contributed by atoms with E-state index in [-0.39, 0.29) is 30.2 Å². The maximum Gasteiger partial charge on any atom is 0.226 e. The number of morpholine rings is 1. The summed E-state index contributed by atoms with van der Waals surface area (Å²) in [6, 6.07) is 22.2. The second-order valence-electron chi connectivity index (χ2n) is 10.9. The number of aryl methyl sites for hydroxylation is 1. The van der Waals surface area contributed by atoms with Crippen molar-refractivity contribution in [1.29, 1.82) is 0 Å². The quantitative estimate of drug-likeness (QED) is 0.261. The zero-order valence-corrected chi connectivity index (χ0v) is 25.1. The molecule has 2 fully saturated rings. The van der Waals surface area contributed by atoms with E-state index in [1.165, 1.54) is 17.8 Å². The molecule has 10 heteroatoms. The van der Waals surface area contributed by atoms with Gasteiger partial charge in [-0.25, -0.2) is 4.39 Å². The summed E-state index contributed by atoms with van der Waals surface area (Å²) in [5.41, 5.74) is 7.06. The molecule has 2 aliphatic rings. The number of ether oxygens (including phenoxy) is 1. The summed E-state index contributed by atoms with van der Waals surface area (Å²) < 4.78 is 21.1. The van der Waals surface area contributed by atoms with Crippen LogP contribution in [0, 0.1) is 19.7 Å². The van der Waals surface area contributed by atoms with Crippen LogP contribution in [0.4, 0.5) is 15.8 Å². The third-order valence-corrected chi connectivity index (χ3v) is 8.53. The highest BCUT2D eigenvalue weighted by molar-refractivity contribution is 7.80. The van der Waals surface area contributed by atoms with Gasteiger partial charge in [-0.05, 0) is 98.4 Å². The molecule has 4 heterocycles. The van der Waals surface area contributed by atoms with Gasteiger partial charge in [-0.15, -0.1) is 0 Å². The van der Waals surface area contributed by atoms with Crippen LogP contribution in [0.5, 0.6) is 0 Å². The average molecular weight is 599 g/mol. The summed E-state index contributed by atoms with van der Waals surface area (Å²) in [4.78, 5) is 22.0. The fraction of sp³-hybridized carbons (Fsp3) is 0.303. The van der Waals surface area contributed by atoms with E-state index in [4.69, 9.17) is 17.0 Å². The number of rotatable bonds is 8. The SMILES string of the molecule is Cc1cc([C@@H]2[C@@H](c3ccccn3)NC(=S)N2CCC(=O)Nc2ccc(F)cc2)c(C)n1-c1ccc(N2CCOCC2)cc1. The Morgan fingerprint density at radius 2 is 1.77 bits per heavy atom. The van der Waals surface area contributed by atoms with Gasteiger partial charge in [0.2, 0.25) is 5.91 Å². The summed E-state index contributed by atoms with van der Waals surface area (Å²) in [5.74, 6) is -0.513. The number of nitrogens with one attached hydrogen (secondary N) is 2. The number of benzene rings is 2. The molecule has 2 aromatic heterocycles. The van der Waals surface area contributed by atoms with E-state index in [9.17, 15) is 9.18 Å². The topological polar surface area (TPSA) is 74.7 Å². The van der Waals surface area contributed by atoms with Crippen molar-refractivity contribution in [2.45, 2.75) is 32.4 Å². The van der Waals surface area contributed by atoms with Crippen molar-refractivity contribution in [2.75, 3.05) is 43.1 Å². The van der Waals surface area contributed by atoms with Crippen LogP contribution < -0.4 is 15.5 Å². The first-order valence-electron chi connectivity index (χ1n) is 14.5. The summed E-state index contributed by atoms with van der Waals surface area (Å²) in [6.07, 6.45) is 2.00. The van der Waals surface area contributed by atoms with E-state index < -0.39 is 0 Å². The Kier molecular flexibility index (Phi) is 8.40. The van der Waals surface area contributed by atoms with Gasteiger partial charge in [-0.2, -0.15) is 0 Å². The van der Waals surface area contributed by atoms with Crippen molar-refractivity contribution in [1.82, 2.24) is 19.8 Å². The lowest BCUT2D eigenvalue weighted by molar-refractivity contribution is -0.116. The van der Waals surface area contributed by atoms with Crippen LogP contribution in [-0.2, 0) is 9.53 Å². The van der Waals surface area contributed by atoms with Crippen molar-refractivity contribution in [2.24, 2.45) is 0 Å². The Hall–Kier alpha value is -4.28. The number of hydrogen-bond acceptors (Lipinski definition) is 5. The molecule has 0 saturated carbocycles. The molecule has 0 unspecified atom stereocenters. The molecule has 0 bridgehead atoms. The van der Waals surface area contributed by atoms with Crippen LogP contribution in [0.1, 0.15) is 41.1 Å². The summed E-state index contributed by atoms with van der Waals surface area (Å²) in [5, 5.41) is 6.92. The van der Waals surface area contributed by atoms with Gasteiger partial charge >= 0.3 is 0 Å². The molecule has 1 amide bonds. The molecule has 0 spiro atoms. The standard InChI is InChI=1S/C33H35FN6O2S/c1-22-21-28(23(2)40(22)27-12-10-26(11-13-27)38-17-19-42-20-18-38)32-31(29-5-3-4-15-35-29)37-33(43)39(32)16-14-30(41)36-25-8-6-24(34)7-9-25/h3-13,15,21,31-32H,14,16-20H2,1-2H3,(H,36,41)(H,37,43)/t31-,32-/m1/s1. The molecule has 2 aromatic carbocycles. The highest BCUT2D eigenvalue weighted by Gasteiger charge is 2.41. The van der Waals surface area contributed by atoms with Crippen molar-refractivity contribution in [3.8, 4) is 5.69 Å². The lowest BCUT2D eigenvalue weighted by atomic mass is 9.96. The number of thiocarbonyl (C=S) groups is 1. The zero-order chi connectivity index (χ0) is 29.9. The van der Waals surface area contributed by atoms with E-state index in [2.05, 4.69) is 74.2 Å². The average Bonchev–Trinajstić information content (AvgIpc) is 3.52. The van der Waals surface area contributed by atoms with E-state index in [0.717, 1.165) is 54.6 Å². The van der Waals surface area contributed by atoms with Gasteiger partial charge in [0.05, 0.1) is 31.0 Å². The number of pyridine rings is 1. The first kappa shape index (κ1) is 28.8. The summed E-state index contributed by atoms with van der Waals surface area (Å²) in [6.45, 7) is 7.95. The second kappa shape index (κ2) is 12.5. The smallest absolute Gasteiger partial charge is 0.226 e. The zero-order valence-electron chi connectivity index (χ0n) is 24.3. The molecule has 6 rings (SSSR count). The van der Waals surface area contributed by atoms with Crippen LogP contribution in [-0.4, -0.2) is 58.3 Å². The minimum atomic E-state index is -0.347. The van der Waals surface area contributed by atoms with Crippen molar-refractivity contribution in [3.63, 3.8) is 0 Å². The maximum absolute atomic E-state index is 13.3. The summed E-state index contributed by atoms with van der Waals surface area (Å²) in [7, 11) is 0. The van der Waals surface area contributed by atoms with Gasteiger partial charge in [-0.3, -0.25) is 9.78 Å². The largest absolute Gasteiger partial charge is 0.378 e. The minimum absolute atomic E-state index is 0.166. The minimum Gasteiger partial charge on any atom is -0.378 e. The van der Waals surface area contributed by atoms with E-state index in [1.54, 1.807) is 18.3 Å². The normalized spacial score (nSPS) is 18.5. The molecule has 8 nitrogen and oxygen atoms in total. The van der Waals surface area contributed by atoms with E-state index in [0.29, 0.717) is 17.3 Å². The Labute approximate surface area is 256 Å². The maximum atomic E-state index is 13.3. The first-order valence-corrected chi connectivity index (χ1v) is 15.0. The van der Waals surface area contributed by atoms with E-state index in [1.807, 2.05) is 18.2 Å². The van der Waals surface area contributed by atoms with Gasteiger partial charge in [0, 0.05) is 60.7 Å². The monoisotopic (exact) mass is 598 g/mol. The predicted molar refractivity (Wildman–Crippen MR) is 170 cm³/mol. The molecule has 43 heavy (non-hydrogen) atoms. The second-order valence-corrected chi connectivity index (χ2v) is 11.3. The van der Waals surface area contributed by atoms with Crippen LogP contribution in [0.15, 0.2) is 79.0 Å². The predicted octanol–water partition coefficient (Wildman–Crippen LogP) is 5.47. The van der Waals surface area contributed by atoms with Crippen LogP contribution in [0.25, 0.3) is 5.69 Å². The Morgan fingerprint density at radius 1 is 1.05 bits per heavy atom. The molecule has 2 aliphatic heterocycles. The number of nitrogens with zero attached hydrogens (tertiary/aromatic N) is 4. The third-order valence-electron chi connectivity index (χ3n) is 8.18. The van der Waals surface area contributed by atoms with Crippen LogP contribution in [0.2, 0.25) is 0 Å². The molecule has 4 aromatic rings. The van der Waals surface area contributed by atoms with Crippen molar-refractivity contribution < 1.29 is 13.9 Å². The number of anilines is 2. The van der Waals surface area contributed by atoms with Crippen LogP contribution in [0.3, 0.4) is 0 Å². The van der Waals surface area contributed by atoms with Gasteiger partial charge in [0.1, 0.15) is 5.82 Å². The third kappa shape index (κ3) is 6.11. The molecular formula is C33H35FN6O2S. The fourth-order valence-corrected chi connectivity index (χ4v) is 6.41. The molecule has 2 atom stereocenters. The summed E-state index contributed by atoms with van der Waals surface area (Å²) >= 11 is 5.84. The fourth-order valence-electron chi connectivity index (χ4n) is 6.08. The molecular weight excluding hydrogens is 563 g/mol. The first-order chi connectivity index (χ1) is 20.9. The van der Waals surface area contributed by atoms with E-state index >= 15 is 0 Å². The molecule has 0 aliphatic carbocycles. The molecule has 0 radical (unpaired) electrons. The van der Waals surface area contributed by atoms with Crippen molar-refractivity contribution in [3.05, 3.63) is 107 Å². The van der Waals surface area contributed by atoms with Crippen molar-refractivity contribution >= 4 is 34.6 Å². The number of carbonyl (C=O) groups is 1. The van der Waals surface area contributed by atoms with Gasteiger partial charge < -0.3 is 29.7 Å². The number of halogens is 1. The molecule has 2 saturated heterocycles.